The molecule has 0 bridgehead atoms. The summed E-state index contributed by atoms with van der Waals surface area (Å²) in [4.78, 5) is 28.3. The van der Waals surface area contributed by atoms with E-state index >= 15 is 0 Å². The second kappa shape index (κ2) is 6.70. The van der Waals surface area contributed by atoms with Crippen molar-refractivity contribution in [3.63, 3.8) is 0 Å². The van der Waals surface area contributed by atoms with E-state index in [2.05, 4.69) is 4.98 Å². The van der Waals surface area contributed by atoms with E-state index in [1.807, 2.05) is 0 Å². The maximum absolute atomic E-state index is 13.3. The standard InChI is InChI=1S/C22H12F3NO3/c23-22(24,25)14-6-7-15-17(11-14)16-10-13(21(28)29)5-4-12(16)9-18(15)20(27)19-3-1-2-8-26-19/h1-11H,(H,28,29). The van der Waals surface area contributed by atoms with Gasteiger partial charge in [0.2, 0.25) is 5.78 Å². The Kier molecular flexibility index (Phi) is 4.30. The van der Waals surface area contributed by atoms with Crippen molar-refractivity contribution < 1.29 is 27.9 Å². The van der Waals surface area contributed by atoms with Gasteiger partial charge in [-0.05, 0) is 64.0 Å². The smallest absolute Gasteiger partial charge is 0.416 e. The van der Waals surface area contributed by atoms with Crippen LogP contribution in [0, 0.1) is 0 Å². The molecule has 0 atom stereocenters. The van der Waals surface area contributed by atoms with Crippen LogP contribution in [0.2, 0.25) is 0 Å². The molecule has 0 saturated heterocycles. The zero-order valence-corrected chi connectivity index (χ0v) is 14.7. The summed E-state index contributed by atoms with van der Waals surface area (Å²) < 4.78 is 39.8. The Morgan fingerprint density at radius 2 is 1.66 bits per heavy atom. The Morgan fingerprint density at radius 3 is 2.31 bits per heavy atom. The number of aromatic carboxylic acids is 1. The van der Waals surface area contributed by atoms with Crippen LogP contribution in [0.15, 0.2) is 66.9 Å². The van der Waals surface area contributed by atoms with Gasteiger partial charge in [0.25, 0.3) is 0 Å². The number of hydrogen-bond donors (Lipinski definition) is 1. The molecule has 29 heavy (non-hydrogen) atoms. The number of carbonyl (C=O) groups is 2. The van der Waals surface area contributed by atoms with Gasteiger partial charge in [-0.1, -0.05) is 18.2 Å². The van der Waals surface area contributed by atoms with Crippen LogP contribution in [0.3, 0.4) is 0 Å². The van der Waals surface area contributed by atoms with Gasteiger partial charge < -0.3 is 5.11 Å². The van der Waals surface area contributed by atoms with E-state index in [1.54, 1.807) is 18.2 Å². The van der Waals surface area contributed by atoms with Crippen molar-refractivity contribution in [2.45, 2.75) is 6.18 Å². The molecule has 0 aliphatic heterocycles. The summed E-state index contributed by atoms with van der Waals surface area (Å²) >= 11 is 0. The summed E-state index contributed by atoms with van der Waals surface area (Å²) in [5.41, 5.74) is -0.576. The molecule has 0 saturated carbocycles. The van der Waals surface area contributed by atoms with E-state index in [0.717, 1.165) is 12.1 Å². The number of fused-ring (bicyclic) bond motifs is 3. The van der Waals surface area contributed by atoms with Crippen LogP contribution in [-0.4, -0.2) is 21.8 Å². The second-order valence-corrected chi connectivity index (χ2v) is 6.47. The Morgan fingerprint density at radius 1 is 0.862 bits per heavy atom. The highest BCUT2D eigenvalue weighted by Gasteiger charge is 2.31. The van der Waals surface area contributed by atoms with Gasteiger partial charge in [-0.25, -0.2) is 4.79 Å². The van der Waals surface area contributed by atoms with Crippen molar-refractivity contribution in [2.75, 3.05) is 0 Å². The number of carboxylic acid groups (broad SMARTS) is 1. The van der Waals surface area contributed by atoms with E-state index in [0.29, 0.717) is 16.2 Å². The summed E-state index contributed by atoms with van der Waals surface area (Å²) in [6, 6.07) is 13.6. The summed E-state index contributed by atoms with van der Waals surface area (Å²) in [7, 11) is 0. The third-order valence-electron chi connectivity index (χ3n) is 4.67. The molecule has 0 unspecified atom stereocenters. The number of ketones is 1. The van der Waals surface area contributed by atoms with E-state index in [-0.39, 0.29) is 22.2 Å². The highest BCUT2D eigenvalue weighted by molar-refractivity contribution is 6.22. The molecule has 144 valence electrons. The minimum atomic E-state index is -4.58. The molecule has 3 aromatic carbocycles. The van der Waals surface area contributed by atoms with E-state index < -0.39 is 23.5 Å². The molecule has 1 heterocycles. The van der Waals surface area contributed by atoms with Gasteiger partial charge in [0.05, 0.1) is 11.1 Å². The molecule has 0 spiro atoms. The Labute approximate surface area is 162 Å². The molecule has 7 heteroatoms. The van der Waals surface area contributed by atoms with Gasteiger partial charge in [-0.15, -0.1) is 0 Å². The van der Waals surface area contributed by atoms with E-state index in [1.165, 1.54) is 36.5 Å². The molecule has 1 N–H and O–H groups in total. The molecule has 1 aromatic heterocycles. The van der Waals surface area contributed by atoms with Crippen molar-refractivity contribution in [1.29, 1.82) is 0 Å². The van der Waals surface area contributed by atoms with E-state index in [4.69, 9.17) is 0 Å². The third-order valence-corrected chi connectivity index (χ3v) is 4.67. The number of aromatic nitrogens is 1. The fourth-order valence-corrected chi connectivity index (χ4v) is 3.28. The predicted octanol–water partition coefficient (Wildman–Crippen LogP) is 5.34. The molecule has 0 fully saturated rings. The van der Waals surface area contributed by atoms with Crippen molar-refractivity contribution in [3.8, 4) is 0 Å². The molecule has 0 aliphatic carbocycles. The molecule has 0 amide bonds. The lowest BCUT2D eigenvalue weighted by atomic mass is 9.92. The van der Waals surface area contributed by atoms with E-state index in [9.17, 15) is 27.9 Å². The fraction of sp³-hybridized carbons (Fsp3) is 0.0455. The fourth-order valence-electron chi connectivity index (χ4n) is 3.28. The lowest BCUT2D eigenvalue weighted by Gasteiger charge is -2.13. The number of rotatable bonds is 3. The normalized spacial score (nSPS) is 11.7. The lowest BCUT2D eigenvalue weighted by Crippen LogP contribution is -2.07. The van der Waals surface area contributed by atoms with Crippen LogP contribution in [0.5, 0.6) is 0 Å². The van der Waals surface area contributed by atoms with Gasteiger partial charge in [0.15, 0.2) is 0 Å². The number of carboxylic acids is 1. The molecule has 4 nitrogen and oxygen atoms in total. The Hall–Kier alpha value is -3.74. The second-order valence-electron chi connectivity index (χ2n) is 6.47. The average molecular weight is 395 g/mol. The van der Waals surface area contributed by atoms with Gasteiger partial charge in [-0.2, -0.15) is 13.2 Å². The number of benzene rings is 3. The van der Waals surface area contributed by atoms with Crippen LogP contribution in [0.1, 0.15) is 32.0 Å². The maximum atomic E-state index is 13.3. The van der Waals surface area contributed by atoms with Crippen molar-refractivity contribution in [3.05, 3.63) is 89.2 Å². The summed E-state index contributed by atoms with van der Waals surface area (Å²) in [6.07, 6.45) is -3.12. The first kappa shape index (κ1) is 18.6. The summed E-state index contributed by atoms with van der Waals surface area (Å²) in [6.45, 7) is 0. The van der Waals surface area contributed by atoms with Crippen molar-refractivity contribution in [2.24, 2.45) is 0 Å². The lowest BCUT2D eigenvalue weighted by molar-refractivity contribution is -0.137. The molecule has 0 aliphatic rings. The van der Waals surface area contributed by atoms with Crippen LogP contribution < -0.4 is 0 Å². The molecule has 4 aromatic rings. The van der Waals surface area contributed by atoms with Crippen LogP contribution in [0.4, 0.5) is 13.2 Å². The number of nitrogens with zero attached hydrogens (tertiary/aromatic N) is 1. The SMILES string of the molecule is O=C(O)c1ccc2cc(C(=O)c3ccccn3)c3ccc(C(F)(F)F)cc3c2c1. The zero-order chi connectivity index (χ0) is 20.8. The highest BCUT2D eigenvalue weighted by atomic mass is 19.4. The van der Waals surface area contributed by atoms with Gasteiger partial charge in [-0.3, -0.25) is 9.78 Å². The quantitative estimate of drug-likeness (QED) is 0.376. The molecule has 4 rings (SSSR count). The Balaban J connectivity index is 2.08. The average Bonchev–Trinajstić information content (AvgIpc) is 2.71. The molecular formula is C22H12F3NO3. The van der Waals surface area contributed by atoms with Crippen molar-refractivity contribution in [1.82, 2.24) is 4.98 Å². The molecule has 0 radical (unpaired) electrons. The first-order chi connectivity index (χ1) is 13.8. The highest BCUT2D eigenvalue weighted by Crippen LogP contribution is 2.36. The summed E-state index contributed by atoms with van der Waals surface area (Å²) in [5.74, 6) is -1.62. The van der Waals surface area contributed by atoms with Crippen LogP contribution >= 0.6 is 0 Å². The first-order valence-corrected chi connectivity index (χ1v) is 8.52. The van der Waals surface area contributed by atoms with Gasteiger partial charge in [0.1, 0.15) is 5.69 Å². The largest absolute Gasteiger partial charge is 0.478 e. The Bertz CT molecular complexity index is 1280. The first-order valence-electron chi connectivity index (χ1n) is 8.52. The maximum Gasteiger partial charge on any atom is 0.416 e. The number of alkyl halides is 3. The number of halogens is 3. The van der Waals surface area contributed by atoms with Crippen LogP contribution in [-0.2, 0) is 6.18 Å². The predicted molar refractivity (Wildman–Crippen MR) is 101 cm³/mol. The number of carbonyl (C=O) groups excluding carboxylic acids is 1. The minimum absolute atomic E-state index is 0.0555. The number of hydrogen-bond acceptors (Lipinski definition) is 3. The number of pyridine rings is 1. The summed E-state index contributed by atoms with van der Waals surface area (Å²) in [5, 5.41) is 10.5. The van der Waals surface area contributed by atoms with Gasteiger partial charge >= 0.3 is 12.1 Å². The third kappa shape index (κ3) is 3.31. The topological polar surface area (TPSA) is 67.3 Å². The van der Waals surface area contributed by atoms with Gasteiger partial charge in [0, 0.05) is 11.8 Å². The zero-order valence-electron chi connectivity index (χ0n) is 14.7. The molecular weight excluding hydrogens is 383 g/mol. The van der Waals surface area contributed by atoms with Crippen LogP contribution in [0.25, 0.3) is 21.5 Å². The monoisotopic (exact) mass is 395 g/mol. The van der Waals surface area contributed by atoms with Crippen molar-refractivity contribution >= 4 is 33.3 Å². The minimum Gasteiger partial charge on any atom is -0.478 e.